The minimum Gasteiger partial charge on any atom is -0.490 e. The topological polar surface area (TPSA) is 63.6 Å². The van der Waals surface area contributed by atoms with E-state index in [-0.39, 0.29) is 17.7 Å². The summed E-state index contributed by atoms with van der Waals surface area (Å²) in [6, 6.07) is 3.53. The molecule has 0 unspecified atom stereocenters. The highest BCUT2D eigenvalue weighted by Crippen LogP contribution is 2.17. The van der Waals surface area contributed by atoms with E-state index in [4.69, 9.17) is 9.84 Å². The Morgan fingerprint density at radius 3 is 2.81 bits per heavy atom. The second-order valence-electron chi connectivity index (χ2n) is 3.36. The third-order valence-electron chi connectivity index (χ3n) is 1.83. The highest BCUT2D eigenvalue weighted by atomic mass is 19.1. The Balaban J connectivity index is 2.76. The molecular weight excluding hydrogens is 215 g/mol. The van der Waals surface area contributed by atoms with E-state index >= 15 is 0 Å². The van der Waals surface area contributed by atoms with Crippen molar-refractivity contribution in [2.75, 3.05) is 0 Å². The fourth-order valence-electron chi connectivity index (χ4n) is 1.24. The minimum absolute atomic E-state index is 0.149. The van der Waals surface area contributed by atoms with Crippen molar-refractivity contribution < 1.29 is 23.8 Å². The van der Waals surface area contributed by atoms with Gasteiger partial charge < -0.3 is 9.84 Å². The Morgan fingerprint density at radius 2 is 2.25 bits per heavy atom. The van der Waals surface area contributed by atoms with Gasteiger partial charge in [0.25, 0.3) is 0 Å². The van der Waals surface area contributed by atoms with Gasteiger partial charge in [-0.1, -0.05) is 0 Å². The van der Waals surface area contributed by atoms with Gasteiger partial charge in [-0.25, -0.2) is 4.39 Å². The van der Waals surface area contributed by atoms with Crippen LogP contribution in [0.1, 0.15) is 23.7 Å². The van der Waals surface area contributed by atoms with Gasteiger partial charge in [-0.05, 0) is 19.1 Å². The number of carboxylic acid groups (broad SMARTS) is 1. The number of hydrogen-bond donors (Lipinski definition) is 1. The molecule has 1 N–H and O–H groups in total. The summed E-state index contributed by atoms with van der Waals surface area (Å²) in [5.41, 5.74) is 0.150. The van der Waals surface area contributed by atoms with E-state index in [0.29, 0.717) is 6.29 Å². The van der Waals surface area contributed by atoms with Gasteiger partial charge >= 0.3 is 5.97 Å². The summed E-state index contributed by atoms with van der Waals surface area (Å²) < 4.78 is 18.1. The van der Waals surface area contributed by atoms with E-state index in [2.05, 4.69) is 0 Å². The van der Waals surface area contributed by atoms with Crippen LogP contribution >= 0.6 is 0 Å². The second kappa shape index (κ2) is 5.25. The van der Waals surface area contributed by atoms with E-state index in [0.717, 1.165) is 12.1 Å². The summed E-state index contributed by atoms with van der Waals surface area (Å²) in [6.45, 7) is 1.56. The van der Waals surface area contributed by atoms with Crippen LogP contribution in [-0.2, 0) is 4.79 Å². The largest absolute Gasteiger partial charge is 0.490 e. The van der Waals surface area contributed by atoms with Crippen LogP contribution in [0.3, 0.4) is 0 Å². The van der Waals surface area contributed by atoms with Crippen molar-refractivity contribution in [3.63, 3.8) is 0 Å². The minimum atomic E-state index is -1.00. The van der Waals surface area contributed by atoms with E-state index in [9.17, 15) is 14.0 Å². The van der Waals surface area contributed by atoms with Crippen LogP contribution in [0.5, 0.6) is 5.75 Å². The second-order valence-corrected chi connectivity index (χ2v) is 3.36. The van der Waals surface area contributed by atoms with Crippen molar-refractivity contribution >= 4 is 12.3 Å². The molecule has 0 aliphatic heterocycles. The smallest absolute Gasteiger partial charge is 0.307 e. The van der Waals surface area contributed by atoms with Crippen molar-refractivity contribution in [3.05, 3.63) is 29.6 Å². The number of carboxylic acids is 1. The molecule has 4 nitrogen and oxygen atoms in total. The van der Waals surface area contributed by atoms with Gasteiger partial charge in [-0.3, -0.25) is 9.59 Å². The summed E-state index contributed by atoms with van der Waals surface area (Å²) in [5.74, 6) is -1.45. The maximum absolute atomic E-state index is 13.0. The van der Waals surface area contributed by atoms with E-state index in [1.807, 2.05) is 0 Å². The number of rotatable bonds is 5. The number of aldehydes is 1. The van der Waals surface area contributed by atoms with Crippen LogP contribution in [0.15, 0.2) is 18.2 Å². The summed E-state index contributed by atoms with van der Waals surface area (Å²) >= 11 is 0. The van der Waals surface area contributed by atoms with Crippen molar-refractivity contribution in [2.24, 2.45) is 0 Å². The zero-order valence-corrected chi connectivity index (χ0v) is 8.64. The Labute approximate surface area is 91.7 Å². The molecule has 1 rings (SSSR count). The average Bonchev–Trinajstić information content (AvgIpc) is 2.14. The molecule has 0 bridgehead atoms. The molecule has 0 aromatic heterocycles. The van der Waals surface area contributed by atoms with Gasteiger partial charge in [0.05, 0.1) is 6.42 Å². The zero-order chi connectivity index (χ0) is 12.1. The van der Waals surface area contributed by atoms with Crippen LogP contribution in [0.2, 0.25) is 0 Å². The molecule has 1 aromatic carbocycles. The average molecular weight is 226 g/mol. The van der Waals surface area contributed by atoms with E-state index < -0.39 is 17.9 Å². The van der Waals surface area contributed by atoms with Gasteiger partial charge in [-0.15, -0.1) is 0 Å². The van der Waals surface area contributed by atoms with Crippen molar-refractivity contribution in [1.29, 1.82) is 0 Å². The van der Waals surface area contributed by atoms with Crippen molar-refractivity contribution in [2.45, 2.75) is 19.4 Å². The highest BCUT2D eigenvalue weighted by Gasteiger charge is 2.10. The molecule has 5 heteroatoms. The number of carbonyl (C=O) groups excluding carboxylic acids is 1. The fraction of sp³-hybridized carbons (Fsp3) is 0.273. The third-order valence-corrected chi connectivity index (χ3v) is 1.83. The Morgan fingerprint density at radius 1 is 1.56 bits per heavy atom. The van der Waals surface area contributed by atoms with Crippen LogP contribution in [-0.4, -0.2) is 23.5 Å². The monoisotopic (exact) mass is 226 g/mol. The summed E-state index contributed by atoms with van der Waals surface area (Å²) in [6.07, 6.45) is -0.274. The van der Waals surface area contributed by atoms with Gasteiger partial charge in [0.15, 0.2) is 0 Å². The molecule has 0 heterocycles. The van der Waals surface area contributed by atoms with Crippen molar-refractivity contribution in [3.8, 4) is 5.75 Å². The fourth-order valence-corrected chi connectivity index (χ4v) is 1.24. The van der Waals surface area contributed by atoms with E-state index in [1.165, 1.54) is 6.07 Å². The first-order valence-corrected chi connectivity index (χ1v) is 4.65. The lowest BCUT2D eigenvalue weighted by Crippen LogP contribution is -2.16. The van der Waals surface area contributed by atoms with Gasteiger partial charge in [0.2, 0.25) is 0 Å². The number of carbonyl (C=O) groups is 2. The highest BCUT2D eigenvalue weighted by molar-refractivity contribution is 5.75. The van der Waals surface area contributed by atoms with Gasteiger partial charge in [0, 0.05) is 11.6 Å². The lowest BCUT2D eigenvalue weighted by atomic mass is 10.2. The molecule has 0 aliphatic carbocycles. The van der Waals surface area contributed by atoms with Gasteiger partial charge in [0.1, 0.15) is 24.0 Å². The van der Waals surface area contributed by atoms with E-state index in [1.54, 1.807) is 6.92 Å². The summed E-state index contributed by atoms with van der Waals surface area (Å²) in [5, 5.41) is 8.51. The molecular formula is C11H11FO4. The molecule has 0 amide bonds. The van der Waals surface area contributed by atoms with Crippen molar-refractivity contribution in [1.82, 2.24) is 0 Å². The first-order chi connectivity index (χ1) is 7.51. The predicted octanol–water partition coefficient (Wildman–Crippen LogP) is 1.88. The lowest BCUT2D eigenvalue weighted by molar-refractivity contribution is -0.138. The SMILES string of the molecule is C[C@H](CC(=O)O)Oc1cc(F)cc(C=O)c1. The van der Waals surface area contributed by atoms with Crippen LogP contribution in [0.4, 0.5) is 4.39 Å². The molecule has 0 fully saturated rings. The molecule has 86 valence electrons. The first kappa shape index (κ1) is 12.2. The normalized spacial score (nSPS) is 11.9. The molecule has 0 saturated carbocycles. The predicted molar refractivity (Wildman–Crippen MR) is 54.1 cm³/mol. The molecule has 0 saturated heterocycles. The number of ether oxygens (including phenoxy) is 1. The number of halogens is 1. The number of aliphatic carboxylic acids is 1. The number of hydrogen-bond acceptors (Lipinski definition) is 3. The molecule has 16 heavy (non-hydrogen) atoms. The Kier molecular flexibility index (Phi) is 3.99. The summed E-state index contributed by atoms with van der Waals surface area (Å²) in [4.78, 5) is 20.8. The maximum atomic E-state index is 13.0. The van der Waals surface area contributed by atoms with Crippen LogP contribution in [0.25, 0.3) is 0 Å². The first-order valence-electron chi connectivity index (χ1n) is 4.65. The quantitative estimate of drug-likeness (QED) is 0.778. The van der Waals surface area contributed by atoms with Gasteiger partial charge in [-0.2, -0.15) is 0 Å². The van der Waals surface area contributed by atoms with Crippen LogP contribution in [0, 0.1) is 5.82 Å². The lowest BCUT2D eigenvalue weighted by Gasteiger charge is -2.12. The Bertz CT molecular complexity index is 403. The zero-order valence-electron chi connectivity index (χ0n) is 8.64. The molecule has 0 radical (unpaired) electrons. The summed E-state index contributed by atoms with van der Waals surface area (Å²) in [7, 11) is 0. The standard InChI is InChI=1S/C11H11FO4/c1-7(2-11(14)15)16-10-4-8(6-13)3-9(12)5-10/h3-7H,2H2,1H3,(H,14,15)/t7-/m1/s1. The molecule has 1 atom stereocenters. The Hall–Kier alpha value is -1.91. The third kappa shape index (κ3) is 3.68. The number of benzene rings is 1. The van der Waals surface area contributed by atoms with Crippen LogP contribution < -0.4 is 4.74 Å². The maximum Gasteiger partial charge on any atom is 0.307 e. The molecule has 1 aromatic rings. The molecule has 0 aliphatic rings. The molecule has 0 spiro atoms.